The fourth-order valence-corrected chi connectivity index (χ4v) is 2.23. The lowest BCUT2D eigenvalue weighted by molar-refractivity contribution is -0.147. The van der Waals surface area contributed by atoms with Crippen LogP contribution < -0.4 is 0 Å². The molecule has 0 aromatic carbocycles. The summed E-state index contributed by atoms with van der Waals surface area (Å²) in [5, 5.41) is 10.1. The number of unbranched alkanes of at least 4 members (excludes halogenated alkanes) is 7. The second kappa shape index (κ2) is 9.93. The van der Waals surface area contributed by atoms with Crippen LogP contribution in [0, 0.1) is 5.41 Å². The molecule has 2 nitrogen and oxygen atoms in total. The van der Waals surface area contributed by atoms with Gasteiger partial charge in [-0.2, -0.15) is 0 Å². The Hall–Kier alpha value is -0.0500. The number of alkyl halides is 1. The normalized spacial score (nSPS) is 11.7. The van der Waals surface area contributed by atoms with Crippen LogP contribution in [0.3, 0.4) is 0 Å². The van der Waals surface area contributed by atoms with Crippen LogP contribution in [0.1, 0.15) is 71.6 Å². The van der Waals surface area contributed by atoms with Crippen LogP contribution in [0.25, 0.3) is 0 Å². The van der Waals surface area contributed by atoms with E-state index in [0.717, 1.165) is 18.2 Å². The third kappa shape index (κ3) is 9.63. The predicted octanol–water partition coefficient (Wildman–Crippen LogP) is 5.00. The molecule has 0 spiro atoms. The molecular formula is C14H27BrO2. The molecule has 0 radical (unpaired) electrons. The first kappa shape index (κ1) is 16.9. The quantitative estimate of drug-likeness (QED) is 0.430. The molecule has 1 N–H and O–H groups in total. The Morgan fingerprint density at radius 3 is 1.76 bits per heavy atom. The smallest absolute Gasteiger partial charge is 0.309 e. The predicted molar refractivity (Wildman–Crippen MR) is 76.8 cm³/mol. The Bertz CT molecular complexity index is 202. The van der Waals surface area contributed by atoms with Crippen molar-refractivity contribution in [2.24, 2.45) is 5.41 Å². The molecule has 0 unspecified atom stereocenters. The molecule has 0 atom stereocenters. The molecule has 0 heterocycles. The lowest BCUT2D eigenvalue weighted by Gasteiger charge is -2.18. The van der Waals surface area contributed by atoms with Crippen LogP contribution >= 0.6 is 15.9 Å². The first-order valence-electron chi connectivity index (χ1n) is 6.80. The van der Waals surface area contributed by atoms with E-state index in [9.17, 15) is 4.79 Å². The van der Waals surface area contributed by atoms with Crippen LogP contribution in [0.15, 0.2) is 0 Å². The third-order valence-electron chi connectivity index (χ3n) is 3.26. The molecule has 0 aliphatic carbocycles. The van der Waals surface area contributed by atoms with Crippen LogP contribution in [0.4, 0.5) is 0 Å². The topological polar surface area (TPSA) is 37.3 Å². The zero-order valence-corrected chi connectivity index (χ0v) is 12.9. The minimum Gasteiger partial charge on any atom is -0.481 e. The van der Waals surface area contributed by atoms with E-state index in [0.29, 0.717) is 0 Å². The van der Waals surface area contributed by atoms with Crippen molar-refractivity contribution in [1.82, 2.24) is 0 Å². The molecule has 0 aliphatic heterocycles. The highest BCUT2D eigenvalue weighted by atomic mass is 79.9. The van der Waals surface area contributed by atoms with Gasteiger partial charge in [-0.25, -0.2) is 0 Å². The van der Waals surface area contributed by atoms with Crippen LogP contribution in [0.5, 0.6) is 0 Å². The van der Waals surface area contributed by atoms with Gasteiger partial charge in [0.2, 0.25) is 0 Å². The van der Waals surface area contributed by atoms with Crippen LogP contribution in [-0.4, -0.2) is 16.4 Å². The van der Waals surface area contributed by atoms with Gasteiger partial charge in [-0.05, 0) is 26.7 Å². The Kier molecular flexibility index (Phi) is 9.90. The van der Waals surface area contributed by atoms with Gasteiger partial charge in [0.25, 0.3) is 0 Å². The number of carboxylic acid groups (broad SMARTS) is 1. The van der Waals surface area contributed by atoms with Gasteiger partial charge < -0.3 is 5.11 Å². The van der Waals surface area contributed by atoms with E-state index in [2.05, 4.69) is 15.9 Å². The maximum absolute atomic E-state index is 10.9. The van der Waals surface area contributed by atoms with Gasteiger partial charge >= 0.3 is 5.97 Å². The van der Waals surface area contributed by atoms with Gasteiger partial charge in [-0.3, -0.25) is 4.79 Å². The van der Waals surface area contributed by atoms with Crippen molar-refractivity contribution in [2.45, 2.75) is 71.6 Å². The molecule has 0 amide bonds. The highest BCUT2D eigenvalue weighted by molar-refractivity contribution is 9.09. The summed E-state index contributed by atoms with van der Waals surface area (Å²) in [6, 6.07) is 0. The van der Waals surface area contributed by atoms with Crippen molar-refractivity contribution >= 4 is 21.9 Å². The lowest BCUT2D eigenvalue weighted by Crippen LogP contribution is -2.23. The SMILES string of the molecule is CC(C)(CCCCCCCCCCBr)C(=O)O. The van der Waals surface area contributed by atoms with E-state index in [1.165, 1.54) is 44.9 Å². The molecule has 0 bridgehead atoms. The number of carbonyl (C=O) groups is 1. The average molecular weight is 307 g/mol. The van der Waals surface area contributed by atoms with Crippen molar-refractivity contribution in [3.05, 3.63) is 0 Å². The summed E-state index contributed by atoms with van der Waals surface area (Å²) >= 11 is 3.43. The molecule has 0 aliphatic rings. The summed E-state index contributed by atoms with van der Waals surface area (Å²) in [5.41, 5.74) is -0.546. The largest absolute Gasteiger partial charge is 0.481 e. The zero-order chi connectivity index (χ0) is 13.1. The number of aliphatic carboxylic acids is 1. The van der Waals surface area contributed by atoms with Crippen molar-refractivity contribution in [3.63, 3.8) is 0 Å². The summed E-state index contributed by atoms with van der Waals surface area (Å²) in [7, 11) is 0. The molecule has 17 heavy (non-hydrogen) atoms. The van der Waals surface area contributed by atoms with E-state index in [1.807, 2.05) is 13.8 Å². The van der Waals surface area contributed by atoms with Gasteiger partial charge in [-0.1, -0.05) is 60.9 Å². The number of halogens is 1. The average Bonchev–Trinajstić information content (AvgIpc) is 2.26. The van der Waals surface area contributed by atoms with Crippen molar-refractivity contribution < 1.29 is 9.90 Å². The maximum atomic E-state index is 10.9. The van der Waals surface area contributed by atoms with E-state index >= 15 is 0 Å². The van der Waals surface area contributed by atoms with Gasteiger partial charge in [0, 0.05) is 5.33 Å². The molecule has 0 rings (SSSR count). The van der Waals surface area contributed by atoms with E-state index in [4.69, 9.17) is 5.11 Å². The monoisotopic (exact) mass is 306 g/mol. The Labute approximate surface area is 114 Å². The molecule has 102 valence electrons. The molecule has 0 aromatic heterocycles. The fraction of sp³-hybridized carbons (Fsp3) is 0.929. The van der Waals surface area contributed by atoms with E-state index < -0.39 is 11.4 Å². The van der Waals surface area contributed by atoms with Gasteiger partial charge in [0.15, 0.2) is 0 Å². The lowest BCUT2D eigenvalue weighted by atomic mass is 9.87. The highest BCUT2D eigenvalue weighted by Crippen LogP contribution is 2.24. The van der Waals surface area contributed by atoms with Crippen molar-refractivity contribution in [3.8, 4) is 0 Å². The highest BCUT2D eigenvalue weighted by Gasteiger charge is 2.25. The van der Waals surface area contributed by atoms with Gasteiger partial charge in [0.1, 0.15) is 0 Å². The molecule has 0 saturated heterocycles. The summed E-state index contributed by atoms with van der Waals surface area (Å²) in [4.78, 5) is 10.9. The maximum Gasteiger partial charge on any atom is 0.309 e. The number of hydrogen-bond donors (Lipinski definition) is 1. The summed E-state index contributed by atoms with van der Waals surface area (Å²) in [6.07, 6.45) is 10.9. The van der Waals surface area contributed by atoms with Gasteiger partial charge in [-0.15, -0.1) is 0 Å². The first-order chi connectivity index (χ1) is 8.00. The standard InChI is InChI=1S/C14H27BrO2/c1-14(2,13(16)17)11-9-7-5-3-4-6-8-10-12-15/h3-12H2,1-2H3,(H,16,17). The fourth-order valence-electron chi connectivity index (χ4n) is 1.83. The minimum atomic E-state index is -0.674. The van der Waals surface area contributed by atoms with Crippen LogP contribution in [0.2, 0.25) is 0 Å². The molecule has 0 aromatic rings. The van der Waals surface area contributed by atoms with Crippen molar-refractivity contribution in [1.29, 1.82) is 0 Å². The second-order valence-electron chi connectivity index (χ2n) is 5.46. The molecule has 3 heteroatoms. The Balaban J connectivity index is 3.27. The molecule has 0 saturated carbocycles. The summed E-state index contributed by atoms with van der Waals surface area (Å²) < 4.78 is 0. The number of rotatable bonds is 11. The van der Waals surface area contributed by atoms with Crippen molar-refractivity contribution in [2.75, 3.05) is 5.33 Å². The van der Waals surface area contributed by atoms with E-state index in [1.54, 1.807) is 0 Å². The Morgan fingerprint density at radius 2 is 1.35 bits per heavy atom. The third-order valence-corrected chi connectivity index (χ3v) is 3.83. The van der Waals surface area contributed by atoms with Crippen LogP contribution in [-0.2, 0) is 4.79 Å². The van der Waals surface area contributed by atoms with E-state index in [-0.39, 0.29) is 0 Å². The zero-order valence-electron chi connectivity index (χ0n) is 11.3. The summed E-state index contributed by atoms with van der Waals surface area (Å²) in [6.45, 7) is 3.63. The molecule has 0 fully saturated rings. The minimum absolute atomic E-state index is 0.546. The summed E-state index contributed by atoms with van der Waals surface area (Å²) in [5.74, 6) is -0.674. The first-order valence-corrected chi connectivity index (χ1v) is 7.92. The van der Waals surface area contributed by atoms with Gasteiger partial charge in [0.05, 0.1) is 5.41 Å². The Morgan fingerprint density at radius 1 is 0.941 bits per heavy atom. The number of carboxylic acids is 1. The number of hydrogen-bond acceptors (Lipinski definition) is 1. The molecular weight excluding hydrogens is 280 g/mol. The second-order valence-corrected chi connectivity index (χ2v) is 6.25.